The van der Waals surface area contributed by atoms with Crippen molar-refractivity contribution < 1.29 is 23.5 Å². The van der Waals surface area contributed by atoms with Gasteiger partial charge in [0.25, 0.3) is 0 Å². The molecule has 3 atom stereocenters. The number of amides is 3. The maximum atomic E-state index is 13.1. The summed E-state index contributed by atoms with van der Waals surface area (Å²) >= 11 is 2.10. The van der Waals surface area contributed by atoms with Crippen molar-refractivity contribution in [2.45, 2.75) is 22.7 Å². The molecule has 2 aliphatic rings. The Labute approximate surface area is 201 Å². The van der Waals surface area contributed by atoms with E-state index in [4.69, 9.17) is 4.74 Å². The zero-order valence-corrected chi connectivity index (χ0v) is 19.4. The van der Waals surface area contributed by atoms with Crippen LogP contribution in [0, 0.1) is 11.7 Å². The van der Waals surface area contributed by atoms with Crippen LogP contribution >= 0.6 is 23.1 Å². The Morgan fingerprint density at radius 2 is 1.79 bits per heavy atom. The Balaban J connectivity index is 1.52. The summed E-state index contributed by atoms with van der Waals surface area (Å²) < 4.78 is 19.7. The predicted octanol–water partition coefficient (Wildman–Crippen LogP) is 2.58. The number of thioether (sulfide) groups is 1. The highest BCUT2D eigenvalue weighted by Gasteiger charge is 2.52. The molecule has 34 heavy (non-hydrogen) atoms. The minimum atomic E-state index is -0.715. The van der Waals surface area contributed by atoms with Crippen molar-refractivity contribution in [3.8, 4) is 5.75 Å². The van der Waals surface area contributed by atoms with Crippen LogP contribution < -0.4 is 20.2 Å². The van der Waals surface area contributed by atoms with Gasteiger partial charge in [-0.15, -0.1) is 0 Å². The van der Waals surface area contributed by atoms with Crippen LogP contribution in [-0.4, -0.2) is 34.6 Å². The summed E-state index contributed by atoms with van der Waals surface area (Å²) in [6, 6.07) is 12.4. The lowest BCUT2D eigenvalue weighted by Crippen LogP contribution is -2.32. The fraction of sp³-hybridized carbons (Fsp3) is 0.217. The second-order valence-corrected chi connectivity index (χ2v) is 9.97. The summed E-state index contributed by atoms with van der Waals surface area (Å²) in [5.74, 6) is -2.23. The largest absolute Gasteiger partial charge is 0.497 e. The molecule has 2 aromatic carbocycles. The number of hydrogen-bond acceptors (Lipinski definition) is 7. The number of nitrogens with zero attached hydrogens (tertiary/aromatic N) is 1. The van der Waals surface area contributed by atoms with Crippen LogP contribution in [0.5, 0.6) is 5.75 Å². The number of nitrogens with one attached hydrogen (secondary N) is 2. The number of ether oxygens (including phenoxy) is 1. The molecule has 3 heterocycles. The van der Waals surface area contributed by atoms with Gasteiger partial charge in [0.15, 0.2) is 0 Å². The normalized spacial score (nSPS) is 20.9. The number of rotatable bonds is 5. The molecule has 1 aromatic heterocycles. The smallest absolute Gasteiger partial charge is 0.308 e. The highest BCUT2D eigenvalue weighted by molar-refractivity contribution is 8.00. The van der Waals surface area contributed by atoms with Gasteiger partial charge in [-0.3, -0.25) is 29.1 Å². The average molecular weight is 500 g/mol. The molecule has 0 spiro atoms. The number of aromatic nitrogens is 1. The Hall–Kier alpha value is -3.44. The van der Waals surface area contributed by atoms with Crippen LogP contribution in [0.1, 0.15) is 16.4 Å². The molecule has 8 nitrogen and oxygen atoms in total. The van der Waals surface area contributed by atoms with Gasteiger partial charge >= 0.3 is 4.87 Å². The number of anilines is 1. The Morgan fingerprint density at radius 3 is 2.47 bits per heavy atom. The molecular weight excluding hydrogens is 481 g/mol. The first-order valence-corrected chi connectivity index (χ1v) is 12.0. The monoisotopic (exact) mass is 499 g/mol. The third-order valence-corrected chi connectivity index (χ3v) is 8.41. The number of carbonyl (C=O) groups is 3. The Kier molecular flexibility index (Phi) is 5.74. The number of hydrogen-bond donors (Lipinski definition) is 2. The summed E-state index contributed by atoms with van der Waals surface area (Å²) in [6.45, 7) is -0.280. The predicted molar refractivity (Wildman–Crippen MR) is 125 cm³/mol. The molecule has 2 N–H and O–H groups in total. The van der Waals surface area contributed by atoms with Gasteiger partial charge in [0.2, 0.25) is 17.7 Å². The quantitative estimate of drug-likeness (QED) is 0.523. The maximum absolute atomic E-state index is 13.1. The van der Waals surface area contributed by atoms with Crippen LogP contribution in [-0.2, 0) is 20.9 Å². The summed E-state index contributed by atoms with van der Waals surface area (Å²) in [4.78, 5) is 51.1. The molecule has 1 fully saturated rings. The highest BCUT2D eigenvalue weighted by atomic mass is 32.2. The van der Waals surface area contributed by atoms with Gasteiger partial charge in [-0.25, -0.2) is 4.39 Å². The van der Waals surface area contributed by atoms with Gasteiger partial charge < -0.3 is 10.1 Å². The lowest BCUT2D eigenvalue weighted by molar-refractivity contribution is -0.126. The average Bonchev–Trinajstić information content (AvgIpc) is 3.29. The molecule has 0 radical (unpaired) electrons. The number of carbonyl (C=O) groups excluding carboxylic acids is 3. The van der Waals surface area contributed by atoms with Gasteiger partial charge in [-0.1, -0.05) is 35.2 Å². The highest BCUT2D eigenvalue weighted by Crippen LogP contribution is 2.51. The van der Waals surface area contributed by atoms with E-state index in [-0.39, 0.29) is 17.3 Å². The zero-order chi connectivity index (χ0) is 24.0. The molecule has 0 saturated carbocycles. The van der Waals surface area contributed by atoms with Gasteiger partial charge in [-0.2, -0.15) is 0 Å². The number of imide groups is 1. The fourth-order valence-corrected chi connectivity index (χ4v) is 6.96. The second kappa shape index (κ2) is 8.73. The first-order valence-electron chi connectivity index (χ1n) is 10.3. The number of benzene rings is 2. The summed E-state index contributed by atoms with van der Waals surface area (Å²) in [7, 11) is 1.55. The minimum Gasteiger partial charge on any atom is -0.497 e. The molecule has 0 bridgehead atoms. The van der Waals surface area contributed by atoms with Crippen molar-refractivity contribution in [2.24, 2.45) is 5.92 Å². The van der Waals surface area contributed by atoms with Crippen molar-refractivity contribution in [3.63, 3.8) is 0 Å². The van der Waals surface area contributed by atoms with Crippen molar-refractivity contribution in [3.05, 3.63) is 74.5 Å². The number of halogens is 1. The van der Waals surface area contributed by atoms with E-state index in [0.29, 0.717) is 21.3 Å². The van der Waals surface area contributed by atoms with Crippen molar-refractivity contribution >= 4 is 46.5 Å². The Morgan fingerprint density at radius 1 is 1.09 bits per heavy atom. The number of fused-ring (bicyclic) bond motifs is 2. The van der Waals surface area contributed by atoms with Crippen LogP contribution in [0.4, 0.5) is 10.1 Å². The zero-order valence-electron chi connectivity index (χ0n) is 17.7. The van der Waals surface area contributed by atoms with Crippen molar-refractivity contribution in [2.75, 3.05) is 12.4 Å². The molecule has 11 heteroatoms. The van der Waals surface area contributed by atoms with Gasteiger partial charge in [0.05, 0.1) is 18.1 Å². The summed E-state index contributed by atoms with van der Waals surface area (Å²) in [6.07, 6.45) is 0. The molecule has 3 unspecified atom stereocenters. The third kappa shape index (κ3) is 3.90. The lowest BCUT2D eigenvalue weighted by atomic mass is 9.83. The first kappa shape index (κ1) is 22.4. The number of methoxy groups -OCH3 is 1. The molecule has 5 rings (SSSR count). The van der Waals surface area contributed by atoms with E-state index in [1.54, 1.807) is 19.2 Å². The minimum absolute atomic E-state index is 0.280. The molecule has 3 aromatic rings. The van der Waals surface area contributed by atoms with E-state index < -0.39 is 34.7 Å². The lowest BCUT2D eigenvalue weighted by Gasteiger charge is -2.30. The second-order valence-electron chi connectivity index (χ2n) is 7.85. The van der Waals surface area contributed by atoms with Gasteiger partial charge in [-0.05, 0) is 42.0 Å². The molecular formula is C23H18FN3O5S2. The standard InChI is InChI=1S/C23H18FN3O5S2/c1-32-14-8-2-11(3-9-14)16-17-18(21(30)26-20(17)29)33-22-19(16)34-23(31)27(22)10-15(28)25-13-6-4-12(24)5-7-13/h2-9,16-18H,10H2,1H3,(H,25,28)(H,26,29,30). The van der Waals surface area contributed by atoms with E-state index >= 15 is 0 Å². The maximum Gasteiger partial charge on any atom is 0.308 e. The summed E-state index contributed by atoms with van der Waals surface area (Å²) in [5, 5.41) is 4.82. The van der Waals surface area contributed by atoms with Crippen LogP contribution in [0.15, 0.2) is 58.4 Å². The molecule has 0 aliphatic carbocycles. The number of thiazole rings is 1. The molecule has 3 amide bonds. The molecule has 174 valence electrons. The molecule has 2 aliphatic heterocycles. The SMILES string of the molecule is COc1ccc(C2c3sc(=O)n(CC(=O)Nc4ccc(F)cc4)c3SC3C(=O)NC(=O)C32)cc1. The van der Waals surface area contributed by atoms with Crippen molar-refractivity contribution in [1.82, 2.24) is 9.88 Å². The molecule has 1 saturated heterocycles. The topological polar surface area (TPSA) is 106 Å². The fourth-order valence-electron chi connectivity index (χ4n) is 4.22. The first-order chi connectivity index (χ1) is 16.4. The summed E-state index contributed by atoms with van der Waals surface area (Å²) in [5.41, 5.74) is 1.17. The van der Waals surface area contributed by atoms with E-state index in [1.165, 1.54) is 28.8 Å². The third-order valence-electron chi connectivity index (χ3n) is 5.79. The van der Waals surface area contributed by atoms with E-state index in [0.717, 1.165) is 28.7 Å². The van der Waals surface area contributed by atoms with E-state index in [1.807, 2.05) is 12.1 Å². The van der Waals surface area contributed by atoms with Gasteiger partial charge in [0.1, 0.15) is 23.4 Å². The van der Waals surface area contributed by atoms with E-state index in [9.17, 15) is 23.6 Å². The van der Waals surface area contributed by atoms with Crippen LogP contribution in [0.2, 0.25) is 0 Å². The van der Waals surface area contributed by atoms with E-state index in [2.05, 4.69) is 10.6 Å². The Bertz CT molecular complexity index is 1350. The van der Waals surface area contributed by atoms with Gasteiger partial charge in [0, 0.05) is 16.5 Å². The van der Waals surface area contributed by atoms with Crippen molar-refractivity contribution in [1.29, 1.82) is 0 Å². The van der Waals surface area contributed by atoms with Crippen LogP contribution in [0.3, 0.4) is 0 Å². The van der Waals surface area contributed by atoms with Crippen LogP contribution in [0.25, 0.3) is 0 Å².